The van der Waals surface area contributed by atoms with Crippen molar-refractivity contribution >= 4 is 0 Å². The van der Waals surface area contributed by atoms with Gasteiger partial charge in [-0.2, -0.15) is 0 Å². The molecule has 0 aliphatic carbocycles. The lowest BCUT2D eigenvalue weighted by molar-refractivity contribution is 0.214. The number of aromatic nitrogens is 1. The van der Waals surface area contributed by atoms with Crippen molar-refractivity contribution in [1.82, 2.24) is 4.98 Å². The quantitative estimate of drug-likeness (QED) is 0.901. The van der Waals surface area contributed by atoms with E-state index in [0.717, 1.165) is 22.4 Å². The largest absolute Gasteiger partial charge is 0.497 e. The van der Waals surface area contributed by atoms with Gasteiger partial charge in [-0.05, 0) is 54.8 Å². The Labute approximate surface area is 107 Å². The van der Waals surface area contributed by atoms with Gasteiger partial charge in [0.15, 0.2) is 0 Å². The summed E-state index contributed by atoms with van der Waals surface area (Å²) in [6.45, 7) is 3.94. The average molecular weight is 243 g/mol. The zero-order valence-electron chi connectivity index (χ0n) is 10.8. The summed E-state index contributed by atoms with van der Waals surface area (Å²) < 4.78 is 5.16. The number of hydrogen-bond donors (Lipinski definition) is 1. The highest BCUT2D eigenvalue weighted by molar-refractivity contribution is 5.39. The van der Waals surface area contributed by atoms with Gasteiger partial charge in [0.1, 0.15) is 11.9 Å². The first-order chi connectivity index (χ1) is 8.61. The van der Waals surface area contributed by atoms with Crippen LogP contribution in [-0.4, -0.2) is 17.2 Å². The highest BCUT2D eigenvalue weighted by atomic mass is 16.5. The van der Waals surface area contributed by atoms with Gasteiger partial charge >= 0.3 is 0 Å². The van der Waals surface area contributed by atoms with E-state index < -0.39 is 6.10 Å². The molecule has 1 unspecified atom stereocenters. The summed E-state index contributed by atoms with van der Waals surface area (Å²) >= 11 is 0. The Morgan fingerprint density at radius 1 is 1.17 bits per heavy atom. The van der Waals surface area contributed by atoms with Gasteiger partial charge in [0.05, 0.1) is 12.8 Å². The predicted octanol–water partition coefficient (Wildman–Crippen LogP) is 2.79. The molecule has 2 aromatic rings. The minimum Gasteiger partial charge on any atom is -0.497 e. The van der Waals surface area contributed by atoms with Gasteiger partial charge in [-0.25, -0.2) is 0 Å². The number of ether oxygens (including phenoxy) is 1. The summed E-state index contributed by atoms with van der Waals surface area (Å²) in [5.74, 6) is 0.792. The Balaban J connectivity index is 2.37. The molecule has 0 saturated carbocycles. The second-order valence-electron chi connectivity index (χ2n) is 4.38. The van der Waals surface area contributed by atoms with E-state index in [1.165, 1.54) is 0 Å². The number of aliphatic hydroxyl groups is 1. The van der Waals surface area contributed by atoms with Gasteiger partial charge in [0.25, 0.3) is 0 Å². The van der Waals surface area contributed by atoms with Crippen LogP contribution in [0.5, 0.6) is 5.75 Å². The van der Waals surface area contributed by atoms with Crippen molar-refractivity contribution in [3.63, 3.8) is 0 Å². The van der Waals surface area contributed by atoms with Crippen LogP contribution in [0.1, 0.15) is 28.5 Å². The molecule has 0 amide bonds. The lowest BCUT2D eigenvalue weighted by Crippen LogP contribution is -2.04. The van der Waals surface area contributed by atoms with Crippen molar-refractivity contribution in [3.05, 3.63) is 58.9 Å². The van der Waals surface area contributed by atoms with Crippen molar-refractivity contribution in [3.8, 4) is 5.75 Å². The summed E-state index contributed by atoms with van der Waals surface area (Å²) in [6.07, 6.45) is 1.02. The SMILES string of the molecule is COc1ccc(C(O)c2cc(C)ccn2)c(C)c1. The fourth-order valence-electron chi connectivity index (χ4n) is 1.95. The number of nitrogens with zero attached hydrogens (tertiary/aromatic N) is 1. The van der Waals surface area contributed by atoms with E-state index >= 15 is 0 Å². The summed E-state index contributed by atoms with van der Waals surface area (Å²) in [6, 6.07) is 9.45. The lowest BCUT2D eigenvalue weighted by Gasteiger charge is -2.14. The Kier molecular flexibility index (Phi) is 3.63. The molecule has 2 rings (SSSR count). The minimum absolute atomic E-state index is 0.670. The topological polar surface area (TPSA) is 42.4 Å². The van der Waals surface area contributed by atoms with Crippen molar-refractivity contribution in [1.29, 1.82) is 0 Å². The number of methoxy groups -OCH3 is 1. The number of aryl methyl sites for hydroxylation is 2. The third-order valence-electron chi connectivity index (χ3n) is 2.99. The molecule has 1 N–H and O–H groups in total. The molecule has 1 aromatic heterocycles. The molecule has 0 saturated heterocycles. The molecule has 1 atom stereocenters. The first-order valence-electron chi connectivity index (χ1n) is 5.87. The predicted molar refractivity (Wildman–Crippen MR) is 70.8 cm³/mol. The van der Waals surface area contributed by atoms with Gasteiger partial charge < -0.3 is 9.84 Å². The molecule has 0 radical (unpaired) electrons. The Bertz CT molecular complexity index is 552. The number of hydrogen-bond acceptors (Lipinski definition) is 3. The minimum atomic E-state index is -0.698. The van der Waals surface area contributed by atoms with E-state index in [4.69, 9.17) is 4.74 Å². The van der Waals surface area contributed by atoms with Gasteiger partial charge in [0, 0.05) is 6.20 Å². The third-order valence-corrected chi connectivity index (χ3v) is 2.99. The zero-order valence-corrected chi connectivity index (χ0v) is 10.8. The second kappa shape index (κ2) is 5.19. The number of aliphatic hydroxyl groups excluding tert-OH is 1. The Morgan fingerprint density at radius 2 is 1.94 bits per heavy atom. The van der Waals surface area contributed by atoms with Crippen LogP contribution in [0.4, 0.5) is 0 Å². The van der Waals surface area contributed by atoms with E-state index in [1.807, 2.05) is 44.2 Å². The van der Waals surface area contributed by atoms with E-state index in [9.17, 15) is 5.11 Å². The highest BCUT2D eigenvalue weighted by Gasteiger charge is 2.14. The van der Waals surface area contributed by atoms with Crippen LogP contribution in [0, 0.1) is 13.8 Å². The smallest absolute Gasteiger partial charge is 0.121 e. The van der Waals surface area contributed by atoms with E-state index in [0.29, 0.717) is 5.69 Å². The van der Waals surface area contributed by atoms with Crippen LogP contribution < -0.4 is 4.74 Å². The number of benzene rings is 1. The van der Waals surface area contributed by atoms with Gasteiger partial charge in [0.2, 0.25) is 0 Å². The Hall–Kier alpha value is -1.87. The van der Waals surface area contributed by atoms with E-state index in [1.54, 1.807) is 13.3 Å². The van der Waals surface area contributed by atoms with Gasteiger partial charge in [-0.15, -0.1) is 0 Å². The average Bonchev–Trinajstić information content (AvgIpc) is 2.37. The summed E-state index contributed by atoms with van der Waals surface area (Å²) in [7, 11) is 1.63. The standard InChI is InChI=1S/C15H17NO2/c1-10-6-7-16-14(8-10)15(17)13-5-4-12(18-3)9-11(13)2/h4-9,15,17H,1-3H3. The first kappa shape index (κ1) is 12.6. The Morgan fingerprint density at radius 3 is 2.56 bits per heavy atom. The normalized spacial score (nSPS) is 12.2. The molecule has 3 nitrogen and oxygen atoms in total. The maximum absolute atomic E-state index is 10.4. The molecule has 18 heavy (non-hydrogen) atoms. The molecular weight excluding hydrogens is 226 g/mol. The van der Waals surface area contributed by atoms with Crippen molar-refractivity contribution in [2.75, 3.05) is 7.11 Å². The lowest BCUT2D eigenvalue weighted by atomic mass is 10.00. The second-order valence-corrected chi connectivity index (χ2v) is 4.38. The molecular formula is C15H17NO2. The van der Waals surface area contributed by atoms with Crippen molar-refractivity contribution in [2.45, 2.75) is 20.0 Å². The van der Waals surface area contributed by atoms with Crippen molar-refractivity contribution in [2.24, 2.45) is 0 Å². The molecule has 0 aliphatic heterocycles. The molecule has 0 spiro atoms. The fourth-order valence-corrected chi connectivity index (χ4v) is 1.95. The van der Waals surface area contributed by atoms with Crippen molar-refractivity contribution < 1.29 is 9.84 Å². The van der Waals surface area contributed by atoms with Gasteiger partial charge in [-0.1, -0.05) is 6.07 Å². The molecule has 1 aromatic carbocycles. The monoisotopic (exact) mass is 243 g/mol. The molecule has 1 heterocycles. The van der Waals surface area contributed by atoms with E-state index in [2.05, 4.69) is 4.98 Å². The van der Waals surface area contributed by atoms with Crippen LogP contribution in [0.25, 0.3) is 0 Å². The van der Waals surface area contributed by atoms with Crippen LogP contribution in [0.3, 0.4) is 0 Å². The highest BCUT2D eigenvalue weighted by Crippen LogP contribution is 2.26. The number of pyridine rings is 1. The number of rotatable bonds is 3. The van der Waals surface area contributed by atoms with Crippen LogP contribution >= 0.6 is 0 Å². The first-order valence-corrected chi connectivity index (χ1v) is 5.87. The summed E-state index contributed by atoms with van der Waals surface area (Å²) in [5.41, 5.74) is 3.60. The third kappa shape index (κ3) is 2.51. The van der Waals surface area contributed by atoms with Gasteiger partial charge in [-0.3, -0.25) is 4.98 Å². The zero-order chi connectivity index (χ0) is 13.1. The summed E-state index contributed by atoms with van der Waals surface area (Å²) in [4.78, 5) is 4.22. The maximum atomic E-state index is 10.4. The molecule has 94 valence electrons. The molecule has 0 bridgehead atoms. The van der Waals surface area contributed by atoms with Crippen LogP contribution in [0.15, 0.2) is 36.5 Å². The summed E-state index contributed by atoms with van der Waals surface area (Å²) in [5, 5.41) is 10.4. The molecule has 0 aliphatic rings. The van der Waals surface area contributed by atoms with E-state index in [-0.39, 0.29) is 0 Å². The fraction of sp³-hybridized carbons (Fsp3) is 0.267. The molecule has 0 fully saturated rings. The molecule has 3 heteroatoms. The maximum Gasteiger partial charge on any atom is 0.121 e. The van der Waals surface area contributed by atoms with Crippen LogP contribution in [0.2, 0.25) is 0 Å². The van der Waals surface area contributed by atoms with Crippen LogP contribution in [-0.2, 0) is 0 Å².